The molecule has 2 rings (SSSR count). The van der Waals surface area contributed by atoms with Crippen LogP contribution in [0.4, 0.5) is 0 Å². The Morgan fingerprint density at radius 3 is 2.40 bits per heavy atom. The van der Waals surface area contributed by atoms with Crippen LogP contribution in [-0.2, 0) is 0 Å². The highest BCUT2D eigenvalue weighted by Crippen LogP contribution is 2.40. The van der Waals surface area contributed by atoms with E-state index in [0.29, 0.717) is 6.54 Å². The van der Waals surface area contributed by atoms with Gasteiger partial charge in [0.2, 0.25) is 0 Å². The number of aryl methyl sites for hydroxylation is 1. The van der Waals surface area contributed by atoms with Gasteiger partial charge in [0.15, 0.2) is 6.19 Å². The molecular weight excluding hydrogens is 248 g/mol. The van der Waals surface area contributed by atoms with Crippen molar-refractivity contribution in [3.63, 3.8) is 0 Å². The number of aliphatic hydroxyl groups is 1. The highest BCUT2D eigenvalue weighted by molar-refractivity contribution is 5.27. The Morgan fingerprint density at radius 1 is 1.25 bits per heavy atom. The Balaban J connectivity index is 2.28. The largest absolute Gasteiger partial charge is 0.389 e. The molecule has 3 nitrogen and oxygen atoms in total. The van der Waals surface area contributed by atoms with Crippen molar-refractivity contribution >= 4 is 0 Å². The quantitative estimate of drug-likeness (QED) is 0.676. The third kappa shape index (κ3) is 3.32. The fraction of sp³-hybridized carbons (Fsp3) is 0.588. The third-order valence-electron chi connectivity index (χ3n) is 4.47. The number of benzene rings is 1. The smallest absolute Gasteiger partial charge is 0.179 e. The molecule has 1 unspecified atom stereocenters. The van der Waals surface area contributed by atoms with Crippen molar-refractivity contribution in [2.24, 2.45) is 0 Å². The molecule has 0 aliphatic heterocycles. The monoisotopic (exact) mass is 272 g/mol. The summed E-state index contributed by atoms with van der Waals surface area (Å²) in [6.07, 6.45) is 7.19. The summed E-state index contributed by atoms with van der Waals surface area (Å²) in [5.74, 6) is 0.00745. The van der Waals surface area contributed by atoms with Crippen molar-refractivity contribution < 1.29 is 5.11 Å². The van der Waals surface area contributed by atoms with E-state index >= 15 is 0 Å². The molecule has 1 aliphatic rings. The van der Waals surface area contributed by atoms with Crippen LogP contribution in [0.3, 0.4) is 0 Å². The van der Waals surface area contributed by atoms with Crippen molar-refractivity contribution in [2.75, 3.05) is 13.6 Å². The highest BCUT2D eigenvalue weighted by Gasteiger charge is 2.39. The lowest BCUT2D eigenvalue weighted by atomic mass is 9.72. The van der Waals surface area contributed by atoms with Gasteiger partial charge in [0.05, 0.1) is 5.60 Å². The molecule has 3 heteroatoms. The Bertz CT molecular complexity index is 469. The molecule has 0 spiro atoms. The van der Waals surface area contributed by atoms with Gasteiger partial charge < -0.3 is 10.0 Å². The molecule has 108 valence electrons. The van der Waals surface area contributed by atoms with Crippen molar-refractivity contribution in [3.05, 3.63) is 35.4 Å². The van der Waals surface area contributed by atoms with Gasteiger partial charge in [-0.3, -0.25) is 0 Å². The first-order valence-electron chi connectivity index (χ1n) is 7.45. The summed E-state index contributed by atoms with van der Waals surface area (Å²) in [7, 11) is 1.79. The Labute approximate surface area is 121 Å². The van der Waals surface area contributed by atoms with Crippen molar-refractivity contribution in [3.8, 4) is 6.19 Å². The summed E-state index contributed by atoms with van der Waals surface area (Å²) < 4.78 is 0. The summed E-state index contributed by atoms with van der Waals surface area (Å²) >= 11 is 0. The van der Waals surface area contributed by atoms with Crippen molar-refractivity contribution in [2.45, 2.75) is 50.5 Å². The van der Waals surface area contributed by atoms with Gasteiger partial charge in [-0.2, -0.15) is 5.26 Å². The van der Waals surface area contributed by atoms with Gasteiger partial charge in [-0.25, -0.2) is 0 Å². The van der Waals surface area contributed by atoms with Gasteiger partial charge in [-0.15, -0.1) is 0 Å². The standard InChI is InChI=1S/C17H24N2O/c1-14-6-8-15(9-7-14)16(12-19(2)13-18)17(20)10-4-3-5-11-17/h6-9,16,20H,3-5,10-12H2,1-2H3. The highest BCUT2D eigenvalue weighted by atomic mass is 16.3. The first-order chi connectivity index (χ1) is 9.55. The average Bonchev–Trinajstić information content (AvgIpc) is 2.46. The fourth-order valence-electron chi connectivity index (χ4n) is 3.21. The molecule has 0 aromatic heterocycles. The molecule has 1 fully saturated rings. The topological polar surface area (TPSA) is 47.3 Å². The molecule has 1 N–H and O–H groups in total. The Kier molecular flexibility index (Phi) is 4.67. The van der Waals surface area contributed by atoms with E-state index in [-0.39, 0.29) is 5.92 Å². The van der Waals surface area contributed by atoms with Gasteiger partial charge in [0, 0.05) is 19.5 Å². The van der Waals surface area contributed by atoms with Crippen LogP contribution in [0.1, 0.15) is 49.1 Å². The number of hydrogen-bond donors (Lipinski definition) is 1. The molecule has 0 heterocycles. The molecule has 0 saturated heterocycles. The second-order valence-electron chi connectivity index (χ2n) is 6.11. The van der Waals surface area contributed by atoms with E-state index in [1.165, 1.54) is 12.0 Å². The number of nitrogens with zero attached hydrogens (tertiary/aromatic N) is 2. The molecule has 1 aromatic carbocycles. The van der Waals surface area contributed by atoms with E-state index in [1.807, 2.05) is 0 Å². The first-order valence-corrected chi connectivity index (χ1v) is 7.45. The van der Waals surface area contributed by atoms with Gasteiger partial charge >= 0.3 is 0 Å². The second-order valence-corrected chi connectivity index (χ2v) is 6.11. The number of nitriles is 1. The van der Waals surface area contributed by atoms with Gasteiger partial charge in [-0.1, -0.05) is 49.1 Å². The van der Waals surface area contributed by atoms with Crippen LogP contribution in [0.5, 0.6) is 0 Å². The zero-order valence-corrected chi connectivity index (χ0v) is 12.5. The van der Waals surface area contributed by atoms with Crippen LogP contribution in [-0.4, -0.2) is 29.2 Å². The van der Waals surface area contributed by atoms with Crippen LogP contribution in [0.15, 0.2) is 24.3 Å². The third-order valence-corrected chi connectivity index (χ3v) is 4.47. The average molecular weight is 272 g/mol. The fourth-order valence-corrected chi connectivity index (χ4v) is 3.21. The maximum Gasteiger partial charge on any atom is 0.179 e. The Hall–Kier alpha value is -1.53. The van der Waals surface area contributed by atoms with Crippen molar-refractivity contribution in [1.82, 2.24) is 4.90 Å². The number of hydrogen-bond acceptors (Lipinski definition) is 3. The molecule has 0 radical (unpaired) electrons. The van der Waals surface area contributed by atoms with Crippen LogP contribution < -0.4 is 0 Å². The van der Waals surface area contributed by atoms with E-state index in [0.717, 1.165) is 31.2 Å². The lowest BCUT2D eigenvalue weighted by Gasteiger charge is -2.40. The van der Waals surface area contributed by atoms with Gasteiger partial charge in [0.25, 0.3) is 0 Å². The Morgan fingerprint density at radius 2 is 1.85 bits per heavy atom. The predicted octanol–water partition coefficient (Wildman–Crippen LogP) is 3.19. The van der Waals surface area contributed by atoms with E-state index in [2.05, 4.69) is 37.4 Å². The summed E-state index contributed by atoms with van der Waals surface area (Å²) in [6, 6.07) is 8.36. The van der Waals surface area contributed by atoms with Crippen LogP contribution in [0, 0.1) is 18.4 Å². The lowest BCUT2D eigenvalue weighted by molar-refractivity contribution is -0.0262. The first kappa shape index (κ1) is 14.9. The van der Waals surface area contributed by atoms with Gasteiger partial charge in [0.1, 0.15) is 0 Å². The zero-order chi connectivity index (χ0) is 14.6. The number of likely N-dealkylation sites (N-methyl/N-ethyl adjacent to an activating group) is 1. The zero-order valence-electron chi connectivity index (χ0n) is 12.5. The minimum Gasteiger partial charge on any atom is -0.389 e. The van der Waals surface area contributed by atoms with E-state index < -0.39 is 5.60 Å². The summed E-state index contributed by atoms with van der Waals surface area (Å²) in [6.45, 7) is 2.64. The summed E-state index contributed by atoms with van der Waals surface area (Å²) in [5, 5.41) is 20.1. The summed E-state index contributed by atoms with van der Waals surface area (Å²) in [4.78, 5) is 1.62. The van der Waals surface area contributed by atoms with Crippen molar-refractivity contribution in [1.29, 1.82) is 5.26 Å². The second kappa shape index (κ2) is 6.28. The molecule has 0 bridgehead atoms. The number of rotatable bonds is 4. The van der Waals surface area contributed by atoms with Crippen LogP contribution in [0.25, 0.3) is 0 Å². The van der Waals surface area contributed by atoms with E-state index in [1.54, 1.807) is 11.9 Å². The molecule has 1 saturated carbocycles. The molecule has 1 aromatic rings. The van der Waals surface area contributed by atoms with Gasteiger partial charge in [-0.05, 0) is 25.3 Å². The van der Waals surface area contributed by atoms with Crippen LogP contribution in [0.2, 0.25) is 0 Å². The maximum absolute atomic E-state index is 11.1. The molecular formula is C17H24N2O. The van der Waals surface area contributed by atoms with Crippen LogP contribution >= 0.6 is 0 Å². The molecule has 1 atom stereocenters. The predicted molar refractivity (Wildman–Crippen MR) is 80.2 cm³/mol. The maximum atomic E-state index is 11.1. The normalized spacial score (nSPS) is 19.1. The summed E-state index contributed by atoms with van der Waals surface area (Å²) in [5.41, 5.74) is 1.69. The molecule has 20 heavy (non-hydrogen) atoms. The molecule has 1 aliphatic carbocycles. The van der Waals surface area contributed by atoms with E-state index in [4.69, 9.17) is 5.26 Å². The van der Waals surface area contributed by atoms with E-state index in [9.17, 15) is 5.11 Å². The molecule has 0 amide bonds. The lowest BCUT2D eigenvalue weighted by Crippen LogP contribution is -2.42. The minimum absolute atomic E-state index is 0.00745. The SMILES string of the molecule is Cc1ccc(C(CN(C)C#N)C2(O)CCCCC2)cc1. The minimum atomic E-state index is -0.668.